The zero-order chi connectivity index (χ0) is 21.5. The van der Waals surface area contributed by atoms with Crippen molar-refractivity contribution in [2.45, 2.75) is 26.4 Å². The van der Waals surface area contributed by atoms with Gasteiger partial charge in [-0.1, -0.05) is 42.5 Å². The lowest BCUT2D eigenvalue weighted by Gasteiger charge is -2.23. The van der Waals surface area contributed by atoms with Gasteiger partial charge in [-0.05, 0) is 49.4 Å². The SMILES string of the molecule is CC=C(C)C(=O)OC[C@H]1[C@@H](Cc2ccc(OC)c(OC)c2)CO[C@@H]1c1ccccc1. The molecule has 0 spiro atoms. The Labute approximate surface area is 178 Å². The van der Waals surface area contributed by atoms with Crippen LogP contribution in [0.3, 0.4) is 0 Å². The minimum absolute atomic E-state index is 0.0640. The summed E-state index contributed by atoms with van der Waals surface area (Å²) < 4.78 is 22.6. The molecule has 3 rings (SSSR count). The summed E-state index contributed by atoms with van der Waals surface area (Å²) in [6.45, 7) is 4.53. The fraction of sp³-hybridized carbons (Fsp3) is 0.400. The van der Waals surface area contributed by atoms with Crippen LogP contribution >= 0.6 is 0 Å². The molecule has 1 aliphatic rings. The molecule has 0 amide bonds. The first-order valence-corrected chi connectivity index (χ1v) is 10.2. The van der Waals surface area contributed by atoms with Crippen LogP contribution in [0.4, 0.5) is 0 Å². The third kappa shape index (κ3) is 5.03. The van der Waals surface area contributed by atoms with Crippen molar-refractivity contribution in [3.8, 4) is 11.5 Å². The predicted molar refractivity (Wildman–Crippen MR) is 116 cm³/mol. The Morgan fingerprint density at radius 3 is 2.50 bits per heavy atom. The average Bonchev–Trinajstić information content (AvgIpc) is 3.19. The number of hydrogen-bond acceptors (Lipinski definition) is 5. The number of esters is 1. The third-order valence-corrected chi connectivity index (χ3v) is 5.72. The quantitative estimate of drug-likeness (QED) is 0.464. The van der Waals surface area contributed by atoms with Crippen LogP contribution in [-0.2, 0) is 20.7 Å². The molecule has 0 N–H and O–H groups in total. The van der Waals surface area contributed by atoms with E-state index < -0.39 is 0 Å². The topological polar surface area (TPSA) is 54.0 Å². The monoisotopic (exact) mass is 410 g/mol. The first-order chi connectivity index (χ1) is 14.6. The van der Waals surface area contributed by atoms with Gasteiger partial charge < -0.3 is 18.9 Å². The minimum Gasteiger partial charge on any atom is -0.493 e. The van der Waals surface area contributed by atoms with E-state index in [-0.39, 0.29) is 23.9 Å². The number of rotatable bonds is 8. The maximum Gasteiger partial charge on any atom is 0.333 e. The van der Waals surface area contributed by atoms with Crippen LogP contribution in [0, 0.1) is 11.8 Å². The highest BCUT2D eigenvalue weighted by molar-refractivity contribution is 5.87. The van der Waals surface area contributed by atoms with Gasteiger partial charge in [0.1, 0.15) is 0 Å². The van der Waals surface area contributed by atoms with E-state index in [1.165, 1.54) is 0 Å². The first kappa shape index (κ1) is 21.9. The van der Waals surface area contributed by atoms with Crippen molar-refractivity contribution in [3.63, 3.8) is 0 Å². The standard InChI is InChI=1S/C25H30O5/c1-5-17(2)25(26)30-16-21-20(15-29-24(21)19-9-7-6-8-10-19)13-18-11-12-22(27-3)23(14-18)28-4/h5-12,14,20-21,24H,13,15-16H2,1-4H3/t20-,21-,24+/m0/s1. The highest BCUT2D eigenvalue weighted by atomic mass is 16.5. The Balaban J connectivity index is 1.80. The molecule has 2 aromatic rings. The average molecular weight is 411 g/mol. The van der Waals surface area contributed by atoms with E-state index in [1.807, 2.05) is 43.3 Å². The maximum absolute atomic E-state index is 12.2. The summed E-state index contributed by atoms with van der Waals surface area (Å²) in [5, 5.41) is 0. The molecule has 160 valence electrons. The molecule has 0 aromatic heterocycles. The number of carbonyl (C=O) groups is 1. The van der Waals surface area contributed by atoms with Gasteiger partial charge in [-0.3, -0.25) is 0 Å². The fourth-order valence-electron chi connectivity index (χ4n) is 3.86. The van der Waals surface area contributed by atoms with Crippen LogP contribution in [0.15, 0.2) is 60.2 Å². The van der Waals surface area contributed by atoms with Crippen LogP contribution in [-0.4, -0.2) is 33.4 Å². The van der Waals surface area contributed by atoms with Gasteiger partial charge in [-0.25, -0.2) is 4.79 Å². The Kier molecular flexibility index (Phi) is 7.52. The Morgan fingerprint density at radius 2 is 1.83 bits per heavy atom. The second kappa shape index (κ2) is 10.3. The van der Waals surface area contributed by atoms with Gasteiger partial charge in [0.05, 0.1) is 33.5 Å². The molecular weight excluding hydrogens is 380 g/mol. The molecule has 0 bridgehead atoms. The van der Waals surface area contributed by atoms with E-state index >= 15 is 0 Å². The predicted octanol–water partition coefficient (Wildman–Crippen LogP) is 4.76. The number of hydrogen-bond donors (Lipinski definition) is 0. The summed E-state index contributed by atoms with van der Waals surface area (Å²) in [4.78, 5) is 12.2. The summed E-state index contributed by atoms with van der Waals surface area (Å²) in [5.41, 5.74) is 2.86. The highest BCUT2D eigenvalue weighted by Crippen LogP contribution is 2.41. The molecule has 5 nitrogen and oxygen atoms in total. The van der Waals surface area contributed by atoms with Crippen LogP contribution in [0.25, 0.3) is 0 Å². The van der Waals surface area contributed by atoms with Crippen molar-refractivity contribution in [2.75, 3.05) is 27.4 Å². The molecule has 0 unspecified atom stereocenters. The molecule has 0 radical (unpaired) electrons. The molecule has 3 atom stereocenters. The highest BCUT2D eigenvalue weighted by Gasteiger charge is 2.39. The third-order valence-electron chi connectivity index (χ3n) is 5.72. The second-order valence-corrected chi connectivity index (χ2v) is 7.55. The van der Waals surface area contributed by atoms with E-state index in [0.29, 0.717) is 30.3 Å². The van der Waals surface area contributed by atoms with Crippen LogP contribution in [0.1, 0.15) is 31.1 Å². The van der Waals surface area contributed by atoms with Gasteiger partial charge in [0.25, 0.3) is 0 Å². The van der Waals surface area contributed by atoms with Gasteiger partial charge in [-0.15, -0.1) is 0 Å². The van der Waals surface area contributed by atoms with E-state index in [4.69, 9.17) is 18.9 Å². The van der Waals surface area contributed by atoms with Crippen LogP contribution in [0.5, 0.6) is 11.5 Å². The van der Waals surface area contributed by atoms with E-state index in [2.05, 4.69) is 12.1 Å². The fourth-order valence-corrected chi connectivity index (χ4v) is 3.86. The molecule has 5 heteroatoms. The zero-order valence-corrected chi connectivity index (χ0v) is 18.1. The number of methoxy groups -OCH3 is 2. The largest absolute Gasteiger partial charge is 0.493 e. The summed E-state index contributed by atoms with van der Waals surface area (Å²) in [7, 11) is 3.27. The molecule has 0 aliphatic carbocycles. The molecule has 1 heterocycles. The Bertz CT molecular complexity index is 874. The Hall–Kier alpha value is -2.79. The van der Waals surface area contributed by atoms with E-state index in [1.54, 1.807) is 27.2 Å². The van der Waals surface area contributed by atoms with Gasteiger partial charge in [0, 0.05) is 11.5 Å². The van der Waals surface area contributed by atoms with Gasteiger partial charge in [0.15, 0.2) is 11.5 Å². The molecule has 2 aromatic carbocycles. The minimum atomic E-state index is -0.277. The van der Waals surface area contributed by atoms with E-state index in [0.717, 1.165) is 17.5 Å². The van der Waals surface area contributed by atoms with Crippen molar-refractivity contribution in [1.82, 2.24) is 0 Å². The molecule has 1 saturated heterocycles. The van der Waals surface area contributed by atoms with Gasteiger partial charge in [-0.2, -0.15) is 0 Å². The van der Waals surface area contributed by atoms with Crippen molar-refractivity contribution in [2.24, 2.45) is 11.8 Å². The summed E-state index contributed by atoms with van der Waals surface area (Å²) in [6, 6.07) is 16.1. The zero-order valence-electron chi connectivity index (χ0n) is 18.1. The lowest BCUT2D eigenvalue weighted by atomic mass is 9.84. The molecular formula is C25H30O5. The number of ether oxygens (including phenoxy) is 4. The van der Waals surface area contributed by atoms with Crippen molar-refractivity contribution >= 4 is 5.97 Å². The van der Waals surface area contributed by atoms with E-state index in [9.17, 15) is 4.79 Å². The summed E-state index contributed by atoms with van der Waals surface area (Å²) >= 11 is 0. The normalized spacial score (nSPS) is 21.3. The molecule has 1 aliphatic heterocycles. The number of benzene rings is 2. The number of carbonyl (C=O) groups excluding carboxylic acids is 1. The van der Waals surface area contributed by atoms with Crippen molar-refractivity contribution in [1.29, 1.82) is 0 Å². The van der Waals surface area contributed by atoms with Crippen molar-refractivity contribution < 1.29 is 23.7 Å². The molecule has 1 fully saturated rings. The van der Waals surface area contributed by atoms with Crippen LogP contribution < -0.4 is 9.47 Å². The lowest BCUT2D eigenvalue weighted by Crippen LogP contribution is -2.24. The maximum atomic E-state index is 12.2. The Morgan fingerprint density at radius 1 is 1.10 bits per heavy atom. The van der Waals surface area contributed by atoms with Gasteiger partial charge >= 0.3 is 5.97 Å². The smallest absolute Gasteiger partial charge is 0.333 e. The van der Waals surface area contributed by atoms with Crippen molar-refractivity contribution in [3.05, 3.63) is 71.3 Å². The molecule has 0 saturated carbocycles. The van der Waals surface area contributed by atoms with Crippen LogP contribution in [0.2, 0.25) is 0 Å². The first-order valence-electron chi connectivity index (χ1n) is 10.2. The lowest BCUT2D eigenvalue weighted by molar-refractivity contribution is -0.141. The summed E-state index contributed by atoms with van der Waals surface area (Å²) in [5.74, 6) is 1.42. The molecule has 30 heavy (non-hydrogen) atoms. The van der Waals surface area contributed by atoms with Gasteiger partial charge in [0.2, 0.25) is 0 Å². The number of allylic oxidation sites excluding steroid dienone is 1. The summed E-state index contributed by atoms with van der Waals surface area (Å²) in [6.07, 6.45) is 2.47. The second-order valence-electron chi connectivity index (χ2n) is 7.55.